The van der Waals surface area contributed by atoms with E-state index in [0.29, 0.717) is 17.2 Å². The van der Waals surface area contributed by atoms with Crippen molar-refractivity contribution < 1.29 is 0 Å². The van der Waals surface area contributed by atoms with Gasteiger partial charge in [0.2, 0.25) is 0 Å². The van der Waals surface area contributed by atoms with Crippen LogP contribution in [0.1, 0.15) is 30.9 Å². The summed E-state index contributed by atoms with van der Waals surface area (Å²) in [5.41, 5.74) is 7.95. The highest BCUT2D eigenvalue weighted by Gasteiger charge is 2.05. The largest absolute Gasteiger partial charge is 0.399 e. The van der Waals surface area contributed by atoms with Gasteiger partial charge in [0.25, 0.3) is 0 Å². The molecular weight excluding hydrogens is 148 g/mol. The molecule has 0 saturated heterocycles. The van der Waals surface area contributed by atoms with Crippen LogP contribution in [0.15, 0.2) is 18.2 Å². The fourth-order valence-corrected chi connectivity index (χ4v) is 1.17. The van der Waals surface area contributed by atoms with Crippen LogP contribution in [0, 0.1) is 11.3 Å². The second kappa shape index (κ2) is 3.27. The third kappa shape index (κ3) is 1.57. The van der Waals surface area contributed by atoms with Crippen LogP contribution in [0.3, 0.4) is 0 Å². The lowest BCUT2D eigenvalue weighted by Gasteiger charge is -2.07. The van der Waals surface area contributed by atoms with Gasteiger partial charge in [-0.05, 0) is 23.6 Å². The van der Waals surface area contributed by atoms with Crippen LogP contribution in [0.4, 0.5) is 5.69 Å². The molecule has 1 aromatic carbocycles. The lowest BCUT2D eigenvalue weighted by Crippen LogP contribution is -1.94. The SMILES string of the molecule is CC(C)c1ccc(N)cc1C#N. The first kappa shape index (κ1) is 8.61. The minimum absolute atomic E-state index is 0.375. The maximum Gasteiger partial charge on any atom is 0.0995 e. The predicted molar refractivity (Wildman–Crippen MR) is 49.7 cm³/mol. The number of nitrogen functional groups attached to an aromatic ring is 1. The van der Waals surface area contributed by atoms with E-state index in [9.17, 15) is 0 Å². The van der Waals surface area contributed by atoms with Crippen LogP contribution in [0.5, 0.6) is 0 Å². The number of benzene rings is 1. The van der Waals surface area contributed by atoms with Gasteiger partial charge in [-0.3, -0.25) is 0 Å². The summed E-state index contributed by atoms with van der Waals surface area (Å²) < 4.78 is 0. The Kier molecular flexibility index (Phi) is 2.35. The molecule has 0 aliphatic rings. The molecular formula is C10H12N2. The Morgan fingerprint density at radius 3 is 2.58 bits per heavy atom. The lowest BCUT2D eigenvalue weighted by molar-refractivity contribution is 0.863. The number of nitriles is 1. The fraction of sp³-hybridized carbons (Fsp3) is 0.300. The van der Waals surface area contributed by atoms with Crippen LogP contribution in [-0.2, 0) is 0 Å². The summed E-state index contributed by atoms with van der Waals surface area (Å²) in [5, 5.41) is 8.79. The van der Waals surface area contributed by atoms with Gasteiger partial charge in [-0.15, -0.1) is 0 Å². The summed E-state index contributed by atoms with van der Waals surface area (Å²) in [6.45, 7) is 4.12. The molecule has 12 heavy (non-hydrogen) atoms. The zero-order valence-electron chi connectivity index (χ0n) is 7.33. The summed E-state index contributed by atoms with van der Waals surface area (Å²) in [7, 11) is 0. The molecule has 1 rings (SSSR count). The van der Waals surface area contributed by atoms with Gasteiger partial charge >= 0.3 is 0 Å². The van der Waals surface area contributed by atoms with Crippen LogP contribution < -0.4 is 5.73 Å². The first-order valence-electron chi connectivity index (χ1n) is 3.94. The Morgan fingerprint density at radius 2 is 2.08 bits per heavy atom. The molecule has 2 nitrogen and oxygen atoms in total. The average Bonchev–Trinajstić information content (AvgIpc) is 2.03. The second-order valence-electron chi connectivity index (χ2n) is 3.11. The van der Waals surface area contributed by atoms with E-state index in [2.05, 4.69) is 19.9 Å². The molecule has 2 N–H and O–H groups in total. The molecule has 0 heterocycles. The zero-order valence-corrected chi connectivity index (χ0v) is 7.33. The minimum Gasteiger partial charge on any atom is -0.399 e. The van der Waals surface area contributed by atoms with E-state index in [-0.39, 0.29) is 0 Å². The molecule has 2 heteroatoms. The highest BCUT2D eigenvalue weighted by Crippen LogP contribution is 2.20. The first-order valence-corrected chi connectivity index (χ1v) is 3.94. The van der Waals surface area contributed by atoms with Crippen molar-refractivity contribution in [1.29, 1.82) is 5.26 Å². The molecule has 0 atom stereocenters. The van der Waals surface area contributed by atoms with Gasteiger partial charge in [0.05, 0.1) is 11.6 Å². The average molecular weight is 160 g/mol. The number of rotatable bonds is 1. The van der Waals surface area contributed by atoms with Crippen molar-refractivity contribution in [3.63, 3.8) is 0 Å². The second-order valence-corrected chi connectivity index (χ2v) is 3.11. The Labute approximate surface area is 72.6 Å². The third-order valence-corrected chi connectivity index (χ3v) is 1.82. The number of anilines is 1. The van der Waals surface area contributed by atoms with Gasteiger partial charge in [-0.2, -0.15) is 5.26 Å². The summed E-state index contributed by atoms with van der Waals surface area (Å²) in [5.74, 6) is 0.375. The maximum absolute atomic E-state index is 8.79. The number of hydrogen-bond donors (Lipinski definition) is 1. The molecule has 0 aliphatic heterocycles. The van der Waals surface area contributed by atoms with E-state index in [0.717, 1.165) is 5.56 Å². The van der Waals surface area contributed by atoms with Crippen molar-refractivity contribution >= 4 is 5.69 Å². The first-order chi connectivity index (χ1) is 5.65. The predicted octanol–water partition coefficient (Wildman–Crippen LogP) is 2.26. The molecule has 0 amide bonds. The van der Waals surface area contributed by atoms with Crippen molar-refractivity contribution in [2.24, 2.45) is 0 Å². The quantitative estimate of drug-likeness (QED) is 0.640. The zero-order chi connectivity index (χ0) is 9.14. The summed E-state index contributed by atoms with van der Waals surface area (Å²) in [6.07, 6.45) is 0. The minimum atomic E-state index is 0.375. The van der Waals surface area contributed by atoms with Crippen molar-refractivity contribution in [3.05, 3.63) is 29.3 Å². The van der Waals surface area contributed by atoms with Crippen molar-refractivity contribution in [3.8, 4) is 6.07 Å². The maximum atomic E-state index is 8.79. The van der Waals surface area contributed by atoms with Crippen molar-refractivity contribution in [2.45, 2.75) is 19.8 Å². The van der Waals surface area contributed by atoms with E-state index in [1.165, 1.54) is 0 Å². The molecule has 0 radical (unpaired) electrons. The lowest BCUT2D eigenvalue weighted by atomic mass is 9.97. The van der Waals surface area contributed by atoms with Gasteiger partial charge in [0.1, 0.15) is 0 Å². The Balaban J connectivity index is 3.23. The van der Waals surface area contributed by atoms with E-state index in [1.807, 2.05) is 12.1 Å². The van der Waals surface area contributed by atoms with Crippen LogP contribution in [0.2, 0.25) is 0 Å². The van der Waals surface area contributed by atoms with E-state index in [4.69, 9.17) is 11.0 Å². The van der Waals surface area contributed by atoms with Crippen molar-refractivity contribution in [2.75, 3.05) is 5.73 Å². The summed E-state index contributed by atoms with van der Waals surface area (Å²) >= 11 is 0. The molecule has 0 aliphatic carbocycles. The van der Waals surface area contributed by atoms with Gasteiger partial charge in [-0.1, -0.05) is 19.9 Å². The monoisotopic (exact) mass is 160 g/mol. The van der Waals surface area contributed by atoms with Gasteiger partial charge in [-0.25, -0.2) is 0 Å². The number of nitrogens with zero attached hydrogens (tertiary/aromatic N) is 1. The summed E-state index contributed by atoms with van der Waals surface area (Å²) in [6, 6.07) is 7.60. The number of hydrogen-bond acceptors (Lipinski definition) is 2. The van der Waals surface area contributed by atoms with E-state index >= 15 is 0 Å². The van der Waals surface area contributed by atoms with Gasteiger partial charge < -0.3 is 5.73 Å². The third-order valence-electron chi connectivity index (χ3n) is 1.82. The fourth-order valence-electron chi connectivity index (χ4n) is 1.17. The molecule has 0 bridgehead atoms. The highest BCUT2D eigenvalue weighted by atomic mass is 14.5. The molecule has 0 spiro atoms. The standard InChI is InChI=1S/C10H12N2/c1-7(2)10-4-3-9(12)5-8(10)6-11/h3-5,7H,12H2,1-2H3. The van der Waals surface area contributed by atoms with Crippen molar-refractivity contribution in [1.82, 2.24) is 0 Å². The molecule has 0 aromatic heterocycles. The highest BCUT2D eigenvalue weighted by molar-refractivity contribution is 5.50. The smallest absolute Gasteiger partial charge is 0.0995 e. The normalized spacial score (nSPS) is 9.83. The Bertz CT molecular complexity index is 321. The van der Waals surface area contributed by atoms with Gasteiger partial charge in [0, 0.05) is 5.69 Å². The number of nitrogens with two attached hydrogens (primary N) is 1. The van der Waals surface area contributed by atoms with Crippen LogP contribution >= 0.6 is 0 Å². The molecule has 1 aromatic rings. The Hall–Kier alpha value is -1.49. The van der Waals surface area contributed by atoms with Gasteiger partial charge in [0.15, 0.2) is 0 Å². The van der Waals surface area contributed by atoms with Crippen LogP contribution in [-0.4, -0.2) is 0 Å². The summed E-state index contributed by atoms with van der Waals surface area (Å²) in [4.78, 5) is 0. The van der Waals surface area contributed by atoms with Crippen LogP contribution in [0.25, 0.3) is 0 Å². The van der Waals surface area contributed by atoms with E-state index < -0.39 is 0 Å². The molecule has 0 unspecified atom stereocenters. The molecule has 62 valence electrons. The molecule has 0 saturated carbocycles. The molecule has 0 fully saturated rings. The topological polar surface area (TPSA) is 49.8 Å². The Morgan fingerprint density at radius 1 is 1.42 bits per heavy atom. The van der Waals surface area contributed by atoms with E-state index in [1.54, 1.807) is 6.07 Å².